The van der Waals surface area contributed by atoms with Crippen molar-refractivity contribution in [2.75, 3.05) is 0 Å². The number of nitrogens with zero attached hydrogens (tertiary/aromatic N) is 2. The maximum absolute atomic E-state index is 11.8. The number of carbonyl (C=O) groups is 1. The monoisotopic (exact) mass is 308 g/mol. The van der Waals surface area contributed by atoms with Crippen LogP contribution in [-0.4, -0.2) is 21.7 Å². The highest BCUT2D eigenvalue weighted by Crippen LogP contribution is 2.08. The fraction of sp³-hybridized carbons (Fsp3) is 0.333. The summed E-state index contributed by atoms with van der Waals surface area (Å²) in [6.07, 6.45) is 3.66. The maximum atomic E-state index is 11.8. The van der Waals surface area contributed by atoms with Crippen LogP contribution in [0.1, 0.15) is 19.4 Å². The summed E-state index contributed by atoms with van der Waals surface area (Å²) in [4.78, 5) is 11.8. The first-order chi connectivity index (χ1) is 9.58. The Balaban J connectivity index is 0.00000220. The SMILES string of the molecule is CC(N)C(C)C(=O)NCc1cnn(-c2ccccc2)c1.Cl. The van der Waals surface area contributed by atoms with Crippen molar-refractivity contribution in [1.82, 2.24) is 15.1 Å². The van der Waals surface area contributed by atoms with Gasteiger partial charge in [-0.2, -0.15) is 5.10 Å². The molecule has 0 spiro atoms. The molecule has 2 rings (SSSR count). The summed E-state index contributed by atoms with van der Waals surface area (Å²) in [5.74, 6) is -0.230. The number of hydrogen-bond acceptors (Lipinski definition) is 3. The van der Waals surface area contributed by atoms with Crippen molar-refractivity contribution in [2.24, 2.45) is 11.7 Å². The summed E-state index contributed by atoms with van der Waals surface area (Å²) in [7, 11) is 0. The van der Waals surface area contributed by atoms with Crippen LogP contribution in [0.5, 0.6) is 0 Å². The maximum Gasteiger partial charge on any atom is 0.224 e. The third kappa shape index (κ3) is 4.58. The molecular weight excluding hydrogens is 288 g/mol. The number of aromatic nitrogens is 2. The second kappa shape index (κ2) is 7.81. The van der Waals surface area contributed by atoms with Crippen LogP contribution >= 0.6 is 12.4 Å². The highest BCUT2D eigenvalue weighted by atomic mass is 35.5. The quantitative estimate of drug-likeness (QED) is 0.886. The summed E-state index contributed by atoms with van der Waals surface area (Å²) >= 11 is 0. The summed E-state index contributed by atoms with van der Waals surface area (Å²) in [5, 5.41) is 7.16. The van der Waals surface area contributed by atoms with Crippen LogP contribution in [0.15, 0.2) is 42.7 Å². The molecule has 0 fully saturated rings. The molecule has 5 nitrogen and oxygen atoms in total. The van der Waals surface area contributed by atoms with E-state index in [9.17, 15) is 4.79 Å². The van der Waals surface area contributed by atoms with Crippen LogP contribution in [0.25, 0.3) is 5.69 Å². The molecule has 1 heterocycles. The van der Waals surface area contributed by atoms with E-state index in [1.165, 1.54) is 0 Å². The molecule has 0 radical (unpaired) electrons. The van der Waals surface area contributed by atoms with Crippen molar-refractivity contribution in [3.63, 3.8) is 0 Å². The molecule has 0 bridgehead atoms. The van der Waals surface area contributed by atoms with E-state index in [0.29, 0.717) is 6.54 Å². The molecule has 1 amide bonds. The zero-order valence-electron chi connectivity index (χ0n) is 12.2. The molecule has 0 aliphatic carbocycles. The van der Waals surface area contributed by atoms with Crippen molar-refractivity contribution in [3.8, 4) is 5.69 Å². The molecule has 2 unspecified atom stereocenters. The number of para-hydroxylation sites is 1. The smallest absolute Gasteiger partial charge is 0.224 e. The van der Waals surface area contributed by atoms with Gasteiger partial charge in [-0.05, 0) is 19.1 Å². The lowest BCUT2D eigenvalue weighted by molar-refractivity contribution is -0.125. The highest BCUT2D eigenvalue weighted by molar-refractivity contribution is 5.85. The van der Waals surface area contributed by atoms with Gasteiger partial charge >= 0.3 is 0 Å². The van der Waals surface area contributed by atoms with E-state index in [1.807, 2.05) is 50.4 Å². The van der Waals surface area contributed by atoms with Gasteiger partial charge in [0.15, 0.2) is 0 Å². The van der Waals surface area contributed by atoms with Crippen LogP contribution in [0, 0.1) is 5.92 Å². The lowest BCUT2D eigenvalue weighted by atomic mass is 10.0. The molecule has 114 valence electrons. The minimum atomic E-state index is -0.195. The summed E-state index contributed by atoms with van der Waals surface area (Å²) in [6, 6.07) is 9.69. The summed E-state index contributed by atoms with van der Waals surface area (Å²) in [6.45, 7) is 4.12. The zero-order chi connectivity index (χ0) is 14.5. The first-order valence-corrected chi connectivity index (χ1v) is 6.70. The van der Waals surface area contributed by atoms with Crippen molar-refractivity contribution in [1.29, 1.82) is 0 Å². The number of rotatable bonds is 5. The van der Waals surface area contributed by atoms with E-state index in [1.54, 1.807) is 10.9 Å². The average molecular weight is 309 g/mol. The molecule has 0 aliphatic heterocycles. The van der Waals surface area contributed by atoms with Gasteiger partial charge in [0.05, 0.1) is 11.9 Å². The van der Waals surface area contributed by atoms with Crippen LogP contribution in [0.4, 0.5) is 0 Å². The Hall–Kier alpha value is -1.85. The molecule has 0 saturated heterocycles. The second-order valence-electron chi connectivity index (χ2n) is 4.99. The van der Waals surface area contributed by atoms with Gasteiger partial charge < -0.3 is 11.1 Å². The van der Waals surface area contributed by atoms with Crippen LogP contribution < -0.4 is 11.1 Å². The minimum Gasteiger partial charge on any atom is -0.352 e. The number of amides is 1. The Kier molecular flexibility index (Phi) is 6.39. The fourth-order valence-electron chi connectivity index (χ4n) is 1.76. The second-order valence-corrected chi connectivity index (χ2v) is 4.99. The lowest BCUT2D eigenvalue weighted by Crippen LogP contribution is -2.38. The highest BCUT2D eigenvalue weighted by Gasteiger charge is 2.16. The van der Waals surface area contributed by atoms with Crippen LogP contribution in [-0.2, 0) is 11.3 Å². The molecule has 0 saturated carbocycles. The van der Waals surface area contributed by atoms with Gasteiger partial charge in [0.2, 0.25) is 5.91 Å². The predicted octanol–water partition coefficient (Wildman–Crippen LogP) is 1.89. The number of benzene rings is 1. The average Bonchev–Trinajstić information content (AvgIpc) is 2.93. The minimum absolute atomic E-state index is 0. The fourth-order valence-corrected chi connectivity index (χ4v) is 1.76. The molecule has 2 atom stereocenters. The van der Waals surface area contributed by atoms with Crippen LogP contribution in [0.2, 0.25) is 0 Å². The molecular formula is C15H21ClN4O. The summed E-state index contributed by atoms with van der Waals surface area (Å²) < 4.78 is 1.79. The van der Waals surface area contributed by atoms with Crippen LogP contribution in [0.3, 0.4) is 0 Å². The van der Waals surface area contributed by atoms with E-state index < -0.39 is 0 Å². The van der Waals surface area contributed by atoms with Gasteiger partial charge in [0, 0.05) is 30.3 Å². The van der Waals surface area contributed by atoms with E-state index >= 15 is 0 Å². The molecule has 1 aromatic heterocycles. The number of hydrogen-bond donors (Lipinski definition) is 2. The van der Waals surface area contributed by atoms with Gasteiger partial charge in [-0.15, -0.1) is 12.4 Å². The molecule has 6 heteroatoms. The lowest BCUT2D eigenvalue weighted by Gasteiger charge is -2.14. The third-order valence-electron chi connectivity index (χ3n) is 3.33. The summed E-state index contributed by atoms with van der Waals surface area (Å²) in [5.41, 5.74) is 7.66. The Bertz CT molecular complexity index is 568. The van der Waals surface area contributed by atoms with Crippen molar-refractivity contribution >= 4 is 18.3 Å². The largest absolute Gasteiger partial charge is 0.352 e. The molecule has 1 aromatic carbocycles. The Morgan fingerprint density at radius 1 is 1.33 bits per heavy atom. The van der Waals surface area contributed by atoms with Crippen molar-refractivity contribution in [3.05, 3.63) is 48.3 Å². The van der Waals surface area contributed by atoms with E-state index in [-0.39, 0.29) is 30.3 Å². The topological polar surface area (TPSA) is 72.9 Å². The Morgan fingerprint density at radius 2 is 2.00 bits per heavy atom. The first-order valence-electron chi connectivity index (χ1n) is 6.70. The third-order valence-corrected chi connectivity index (χ3v) is 3.33. The van der Waals surface area contributed by atoms with E-state index in [0.717, 1.165) is 11.3 Å². The standard InChI is InChI=1S/C15H20N4O.ClH/c1-11(12(2)16)15(20)17-8-13-9-18-19(10-13)14-6-4-3-5-7-14;/h3-7,9-12H,8,16H2,1-2H3,(H,17,20);1H. The first kappa shape index (κ1) is 17.2. The van der Waals surface area contributed by atoms with Gasteiger partial charge in [0.1, 0.15) is 0 Å². The number of nitrogens with two attached hydrogens (primary N) is 1. The van der Waals surface area contributed by atoms with Crippen molar-refractivity contribution in [2.45, 2.75) is 26.4 Å². The zero-order valence-corrected chi connectivity index (χ0v) is 13.0. The molecule has 3 N–H and O–H groups in total. The Labute approximate surface area is 130 Å². The number of nitrogens with one attached hydrogen (secondary N) is 1. The molecule has 0 aliphatic rings. The normalized spacial score (nSPS) is 13.1. The van der Waals surface area contributed by atoms with Gasteiger partial charge in [-0.3, -0.25) is 4.79 Å². The predicted molar refractivity (Wildman–Crippen MR) is 85.5 cm³/mol. The molecule has 21 heavy (non-hydrogen) atoms. The van der Waals surface area contributed by atoms with Gasteiger partial charge in [-0.1, -0.05) is 25.1 Å². The number of carbonyl (C=O) groups excluding carboxylic acids is 1. The van der Waals surface area contributed by atoms with E-state index in [4.69, 9.17) is 5.73 Å². The Morgan fingerprint density at radius 3 is 2.62 bits per heavy atom. The number of halogens is 1. The van der Waals surface area contributed by atoms with Gasteiger partial charge in [0.25, 0.3) is 0 Å². The van der Waals surface area contributed by atoms with Gasteiger partial charge in [-0.25, -0.2) is 4.68 Å². The van der Waals surface area contributed by atoms with Crippen molar-refractivity contribution < 1.29 is 4.79 Å². The molecule has 2 aromatic rings. The van der Waals surface area contributed by atoms with E-state index in [2.05, 4.69) is 10.4 Å².